The van der Waals surface area contributed by atoms with E-state index in [1.807, 2.05) is 6.92 Å². The van der Waals surface area contributed by atoms with E-state index in [4.69, 9.17) is 4.74 Å². The summed E-state index contributed by atoms with van der Waals surface area (Å²) in [6.45, 7) is 2.05. The van der Waals surface area contributed by atoms with Crippen LogP contribution in [0.15, 0.2) is 0 Å². The van der Waals surface area contributed by atoms with Crippen molar-refractivity contribution in [2.24, 2.45) is 0 Å². The molecule has 0 saturated carbocycles. The van der Waals surface area contributed by atoms with Crippen molar-refractivity contribution >= 4 is 5.91 Å². The number of amides is 1. The molecule has 2 heterocycles. The van der Waals surface area contributed by atoms with Gasteiger partial charge in [-0.25, -0.2) is 0 Å². The highest BCUT2D eigenvalue weighted by molar-refractivity contribution is 5.88. The summed E-state index contributed by atoms with van der Waals surface area (Å²) in [6.07, 6.45) is 1.86. The maximum Gasteiger partial charge on any atom is 0.254 e. The first kappa shape index (κ1) is 8.01. The second kappa shape index (κ2) is 2.44. The molecule has 0 aromatic heterocycles. The third-order valence-corrected chi connectivity index (χ3v) is 2.47. The predicted molar refractivity (Wildman–Crippen MR) is 41.3 cm³/mol. The Bertz CT molecular complexity index is 218. The van der Waals surface area contributed by atoms with E-state index in [1.54, 1.807) is 0 Å². The Hall–Kier alpha value is -0.610. The number of nitrogens with one attached hydrogen (secondary N) is 1. The van der Waals surface area contributed by atoms with Crippen molar-refractivity contribution in [3.05, 3.63) is 0 Å². The zero-order valence-corrected chi connectivity index (χ0v) is 7.04. The Balaban J connectivity index is 1.98. The van der Waals surface area contributed by atoms with Gasteiger partial charge in [0.05, 0.1) is 0 Å². The normalized spacial score (nSPS) is 44.0. The zero-order valence-electron chi connectivity index (χ0n) is 7.04. The standard InChI is InChI=1S/C8H13NO3/c1-2-3-4-8(11)6-5(12-6)7(10)9-8/h5-6,11H,2-4H2,1H3,(H,9,10)/t5-,6+,8+/m1/s1. The summed E-state index contributed by atoms with van der Waals surface area (Å²) in [5.41, 5.74) is -1.07. The highest BCUT2D eigenvalue weighted by atomic mass is 16.6. The zero-order chi connectivity index (χ0) is 8.77. The molecule has 0 aromatic carbocycles. The minimum absolute atomic E-state index is 0.168. The summed E-state index contributed by atoms with van der Waals surface area (Å²) in [7, 11) is 0. The van der Waals surface area contributed by atoms with Crippen molar-refractivity contribution in [3.8, 4) is 0 Å². The number of epoxide rings is 1. The van der Waals surface area contributed by atoms with Crippen LogP contribution in [0.4, 0.5) is 0 Å². The van der Waals surface area contributed by atoms with Gasteiger partial charge in [0.25, 0.3) is 5.91 Å². The summed E-state index contributed by atoms with van der Waals surface area (Å²) < 4.78 is 5.02. The molecule has 0 spiro atoms. The molecular weight excluding hydrogens is 158 g/mol. The number of morpholine rings is 1. The first-order valence-corrected chi connectivity index (χ1v) is 4.37. The van der Waals surface area contributed by atoms with E-state index in [9.17, 15) is 9.90 Å². The lowest BCUT2D eigenvalue weighted by Gasteiger charge is -2.23. The second-order valence-electron chi connectivity index (χ2n) is 3.49. The Morgan fingerprint density at radius 2 is 2.50 bits per heavy atom. The maximum atomic E-state index is 11.0. The lowest BCUT2D eigenvalue weighted by molar-refractivity contribution is -0.129. The van der Waals surface area contributed by atoms with Crippen LogP contribution in [0.3, 0.4) is 0 Å². The highest BCUT2D eigenvalue weighted by Gasteiger charge is 2.64. The van der Waals surface area contributed by atoms with Crippen molar-refractivity contribution in [1.82, 2.24) is 5.32 Å². The largest absolute Gasteiger partial charge is 0.368 e. The van der Waals surface area contributed by atoms with Crippen LogP contribution in [0.2, 0.25) is 0 Å². The molecule has 3 atom stereocenters. The van der Waals surface area contributed by atoms with E-state index in [0.29, 0.717) is 6.42 Å². The number of aliphatic hydroxyl groups is 1. The van der Waals surface area contributed by atoms with Gasteiger partial charge in [-0.2, -0.15) is 0 Å². The van der Waals surface area contributed by atoms with Crippen molar-refractivity contribution in [3.63, 3.8) is 0 Å². The van der Waals surface area contributed by atoms with Crippen LogP contribution in [0, 0.1) is 0 Å². The van der Waals surface area contributed by atoms with Gasteiger partial charge in [-0.1, -0.05) is 13.3 Å². The van der Waals surface area contributed by atoms with Gasteiger partial charge < -0.3 is 15.2 Å². The number of hydrogen-bond acceptors (Lipinski definition) is 3. The molecule has 2 aliphatic rings. The van der Waals surface area contributed by atoms with Gasteiger partial charge in [-0.3, -0.25) is 4.79 Å². The number of ether oxygens (including phenoxy) is 1. The molecule has 1 amide bonds. The van der Waals surface area contributed by atoms with Crippen LogP contribution >= 0.6 is 0 Å². The second-order valence-corrected chi connectivity index (χ2v) is 3.49. The van der Waals surface area contributed by atoms with Gasteiger partial charge in [-0.15, -0.1) is 0 Å². The molecule has 0 unspecified atom stereocenters. The smallest absolute Gasteiger partial charge is 0.254 e. The maximum absolute atomic E-state index is 11.0. The first-order chi connectivity index (χ1) is 5.67. The molecule has 4 nitrogen and oxygen atoms in total. The van der Waals surface area contributed by atoms with Gasteiger partial charge in [-0.05, 0) is 12.8 Å². The number of fused-ring (bicyclic) bond motifs is 1. The summed E-state index contributed by atoms with van der Waals surface area (Å²) in [4.78, 5) is 11.0. The minimum atomic E-state index is -1.07. The molecule has 0 aliphatic carbocycles. The summed E-state index contributed by atoms with van der Waals surface area (Å²) in [5.74, 6) is -0.168. The Morgan fingerprint density at radius 1 is 1.75 bits per heavy atom. The molecule has 2 N–H and O–H groups in total. The van der Waals surface area contributed by atoms with Gasteiger partial charge in [0.15, 0.2) is 11.8 Å². The summed E-state index contributed by atoms with van der Waals surface area (Å²) in [5, 5.41) is 12.4. The van der Waals surface area contributed by atoms with Crippen molar-refractivity contribution in [1.29, 1.82) is 0 Å². The van der Waals surface area contributed by atoms with E-state index < -0.39 is 5.72 Å². The van der Waals surface area contributed by atoms with Crippen molar-refractivity contribution in [2.75, 3.05) is 0 Å². The van der Waals surface area contributed by atoms with Gasteiger partial charge >= 0.3 is 0 Å². The molecule has 12 heavy (non-hydrogen) atoms. The van der Waals surface area contributed by atoms with Crippen LogP contribution in [0.5, 0.6) is 0 Å². The fraction of sp³-hybridized carbons (Fsp3) is 0.875. The molecular formula is C8H13NO3. The van der Waals surface area contributed by atoms with Crippen LogP contribution in [-0.2, 0) is 9.53 Å². The van der Waals surface area contributed by atoms with Crippen molar-refractivity contribution < 1.29 is 14.6 Å². The number of carbonyl (C=O) groups excluding carboxylic acids is 1. The molecule has 2 fully saturated rings. The molecule has 2 aliphatic heterocycles. The quantitative estimate of drug-likeness (QED) is 0.576. The molecule has 0 aromatic rings. The number of unbranched alkanes of at least 4 members (excludes halogenated alkanes) is 1. The third kappa shape index (κ3) is 1.03. The molecule has 2 rings (SSSR count). The van der Waals surface area contributed by atoms with Crippen LogP contribution in [-0.4, -0.2) is 28.9 Å². The topological polar surface area (TPSA) is 61.9 Å². The SMILES string of the molecule is CCCC[C@@]1(O)NC(=O)[C@@H]2O[C@@H]21. The molecule has 0 bridgehead atoms. The van der Waals surface area contributed by atoms with Crippen LogP contribution in [0.1, 0.15) is 26.2 Å². The highest BCUT2D eigenvalue weighted by Crippen LogP contribution is 2.39. The summed E-state index contributed by atoms with van der Waals surface area (Å²) >= 11 is 0. The average molecular weight is 171 g/mol. The first-order valence-electron chi connectivity index (χ1n) is 4.37. The third-order valence-electron chi connectivity index (χ3n) is 2.47. The fourth-order valence-corrected chi connectivity index (χ4v) is 1.68. The number of carbonyl (C=O) groups is 1. The van der Waals surface area contributed by atoms with Crippen LogP contribution < -0.4 is 5.32 Å². The Labute approximate surface area is 70.9 Å². The van der Waals surface area contributed by atoms with Gasteiger partial charge in [0, 0.05) is 0 Å². The Morgan fingerprint density at radius 3 is 2.92 bits per heavy atom. The van der Waals surface area contributed by atoms with Gasteiger partial charge in [0.1, 0.15) is 6.10 Å². The average Bonchev–Trinajstić information content (AvgIpc) is 2.75. The number of hydrogen-bond donors (Lipinski definition) is 2. The lowest BCUT2D eigenvalue weighted by Crippen LogP contribution is -2.47. The van der Waals surface area contributed by atoms with Gasteiger partial charge in [0.2, 0.25) is 0 Å². The predicted octanol–water partition coefficient (Wildman–Crippen LogP) is -0.238. The van der Waals surface area contributed by atoms with Crippen molar-refractivity contribution in [2.45, 2.75) is 44.1 Å². The monoisotopic (exact) mass is 171 g/mol. The molecule has 2 saturated heterocycles. The summed E-state index contributed by atoms with van der Waals surface area (Å²) in [6, 6.07) is 0. The minimum Gasteiger partial charge on any atom is -0.368 e. The Kier molecular flexibility index (Phi) is 1.63. The van der Waals surface area contributed by atoms with Crippen LogP contribution in [0.25, 0.3) is 0 Å². The fourth-order valence-electron chi connectivity index (χ4n) is 1.68. The van der Waals surface area contributed by atoms with E-state index in [1.165, 1.54) is 0 Å². The molecule has 4 heteroatoms. The van der Waals surface area contributed by atoms with E-state index >= 15 is 0 Å². The number of rotatable bonds is 3. The lowest BCUT2D eigenvalue weighted by atomic mass is 10.0. The molecule has 68 valence electrons. The molecule has 0 radical (unpaired) electrons. The van der Waals surface area contributed by atoms with E-state index in [2.05, 4.69) is 5.32 Å². The van der Waals surface area contributed by atoms with E-state index in [0.717, 1.165) is 12.8 Å². The van der Waals surface area contributed by atoms with E-state index in [-0.39, 0.29) is 18.1 Å².